The van der Waals surface area contributed by atoms with Crippen molar-refractivity contribution in [1.82, 2.24) is 4.90 Å². The molecule has 2 aromatic carbocycles. The number of nitriles is 1. The minimum atomic E-state index is -0.0643. The molecule has 1 saturated heterocycles. The third kappa shape index (κ3) is 4.50. The zero-order chi connectivity index (χ0) is 19.2. The maximum atomic E-state index is 12.5. The number of carbonyl (C=O) groups excluding carboxylic acids is 1. The maximum absolute atomic E-state index is 12.5. The van der Waals surface area contributed by atoms with E-state index in [1.165, 1.54) is 12.7 Å². The summed E-state index contributed by atoms with van der Waals surface area (Å²) in [7, 11) is 1.50. The Bertz CT molecular complexity index is 834. The van der Waals surface area contributed by atoms with Gasteiger partial charge in [-0.2, -0.15) is 5.26 Å². The van der Waals surface area contributed by atoms with E-state index in [-0.39, 0.29) is 18.3 Å². The second-order valence-electron chi connectivity index (χ2n) is 6.51. The molecule has 0 unspecified atom stereocenters. The fourth-order valence-corrected chi connectivity index (χ4v) is 3.30. The number of benzene rings is 2. The number of hydrogen-bond acceptors (Lipinski definition) is 5. The second-order valence-corrected chi connectivity index (χ2v) is 6.51. The van der Waals surface area contributed by atoms with E-state index < -0.39 is 0 Å². The monoisotopic (exact) mass is 366 g/mol. The number of piperidine rings is 1. The predicted molar refractivity (Wildman–Crippen MR) is 99.9 cm³/mol. The number of aromatic hydroxyl groups is 1. The Morgan fingerprint density at radius 1 is 1.19 bits per heavy atom. The van der Waals surface area contributed by atoms with Crippen molar-refractivity contribution in [3.05, 3.63) is 53.6 Å². The second kappa shape index (κ2) is 8.45. The molecule has 3 rings (SSSR count). The third-order valence-corrected chi connectivity index (χ3v) is 4.86. The summed E-state index contributed by atoms with van der Waals surface area (Å²) in [6.45, 7) is 1.29. The van der Waals surface area contributed by atoms with Crippen LogP contribution in [-0.4, -0.2) is 42.7 Å². The van der Waals surface area contributed by atoms with Gasteiger partial charge in [0.05, 0.1) is 18.7 Å². The molecule has 6 heteroatoms. The maximum Gasteiger partial charge on any atom is 0.260 e. The van der Waals surface area contributed by atoms with E-state index in [2.05, 4.69) is 0 Å². The van der Waals surface area contributed by atoms with Crippen molar-refractivity contribution in [1.29, 1.82) is 5.26 Å². The van der Waals surface area contributed by atoms with Gasteiger partial charge >= 0.3 is 0 Å². The number of carbonyl (C=O) groups is 1. The molecule has 1 heterocycles. The molecule has 0 aliphatic carbocycles. The van der Waals surface area contributed by atoms with Gasteiger partial charge in [0.2, 0.25) is 0 Å². The van der Waals surface area contributed by atoms with Gasteiger partial charge in [-0.25, -0.2) is 0 Å². The Morgan fingerprint density at radius 3 is 2.52 bits per heavy atom. The first-order chi connectivity index (χ1) is 13.1. The standard InChI is InChI=1S/C21H22N2O4/c1-26-20-12-15(13-22)2-7-19(20)27-14-21(25)23-10-8-17(9-11-23)16-3-5-18(24)6-4-16/h2-7,12,17,24H,8-11,14H2,1H3. The Balaban J connectivity index is 1.53. The lowest BCUT2D eigenvalue weighted by molar-refractivity contribution is -0.134. The molecule has 6 nitrogen and oxygen atoms in total. The fourth-order valence-electron chi connectivity index (χ4n) is 3.30. The summed E-state index contributed by atoms with van der Waals surface area (Å²) in [6.07, 6.45) is 1.77. The van der Waals surface area contributed by atoms with Gasteiger partial charge in [-0.05, 0) is 48.6 Å². The van der Waals surface area contributed by atoms with E-state index in [9.17, 15) is 9.90 Å². The topological polar surface area (TPSA) is 82.8 Å². The smallest absolute Gasteiger partial charge is 0.260 e. The van der Waals surface area contributed by atoms with Crippen molar-refractivity contribution < 1.29 is 19.4 Å². The first kappa shape index (κ1) is 18.6. The summed E-state index contributed by atoms with van der Waals surface area (Å²) in [5.41, 5.74) is 1.67. The minimum Gasteiger partial charge on any atom is -0.508 e. The molecule has 0 saturated carbocycles. The number of hydrogen-bond donors (Lipinski definition) is 1. The predicted octanol–water partition coefficient (Wildman–Crippen LogP) is 3.06. The van der Waals surface area contributed by atoms with Gasteiger partial charge in [0.15, 0.2) is 18.1 Å². The molecule has 1 amide bonds. The van der Waals surface area contributed by atoms with Crippen molar-refractivity contribution in [3.63, 3.8) is 0 Å². The summed E-state index contributed by atoms with van der Waals surface area (Å²) in [5.74, 6) is 1.48. The lowest BCUT2D eigenvalue weighted by Gasteiger charge is -2.32. The van der Waals surface area contributed by atoms with Crippen molar-refractivity contribution in [3.8, 4) is 23.3 Å². The van der Waals surface area contributed by atoms with Gasteiger partial charge in [0.25, 0.3) is 5.91 Å². The van der Waals surface area contributed by atoms with Crippen LogP contribution in [0.1, 0.15) is 29.9 Å². The number of amides is 1. The highest BCUT2D eigenvalue weighted by Gasteiger charge is 2.24. The Labute approximate surface area is 158 Å². The van der Waals surface area contributed by atoms with Gasteiger partial charge in [0.1, 0.15) is 5.75 Å². The van der Waals surface area contributed by atoms with Crippen LogP contribution in [0.4, 0.5) is 0 Å². The Morgan fingerprint density at radius 2 is 1.89 bits per heavy atom. The van der Waals surface area contributed by atoms with Crippen LogP contribution >= 0.6 is 0 Å². The highest BCUT2D eigenvalue weighted by Crippen LogP contribution is 2.30. The number of phenolic OH excluding ortho intramolecular Hbond substituents is 1. The van der Waals surface area contributed by atoms with Crippen LogP contribution in [0.3, 0.4) is 0 Å². The molecule has 0 atom stereocenters. The van der Waals surface area contributed by atoms with Crippen molar-refractivity contribution in [2.24, 2.45) is 0 Å². The first-order valence-electron chi connectivity index (χ1n) is 8.88. The van der Waals surface area contributed by atoms with Crippen LogP contribution < -0.4 is 9.47 Å². The van der Waals surface area contributed by atoms with E-state index in [4.69, 9.17) is 14.7 Å². The van der Waals surface area contributed by atoms with Crippen LogP contribution in [-0.2, 0) is 4.79 Å². The molecule has 1 aliphatic heterocycles. The SMILES string of the molecule is COc1cc(C#N)ccc1OCC(=O)N1CCC(c2ccc(O)cc2)CC1. The molecule has 0 aromatic heterocycles. The highest BCUT2D eigenvalue weighted by atomic mass is 16.5. The lowest BCUT2D eigenvalue weighted by Crippen LogP contribution is -2.40. The van der Waals surface area contributed by atoms with E-state index in [0.717, 1.165) is 12.8 Å². The Kier molecular flexibility index (Phi) is 5.82. The molecule has 1 N–H and O–H groups in total. The molecule has 2 aromatic rings. The molecule has 0 bridgehead atoms. The quantitative estimate of drug-likeness (QED) is 0.879. The first-order valence-corrected chi connectivity index (χ1v) is 8.88. The normalized spacial score (nSPS) is 14.4. The van der Waals surface area contributed by atoms with Crippen LogP contribution in [0.2, 0.25) is 0 Å². The number of nitrogens with zero attached hydrogens (tertiary/aromatic N) is 2. The summed E-state index contributed by atoms with van der Waals surface area (Å²) in [6, 6.07) is 14.2. The van der Waals surface area contributed by atoms with Crippen molar-refractivity contribution in [2.75, 3.05) is 26.8 Å². The van der Waals surface area contributed by atoms with E-state index >= 15 is 0 Å². The van der Waals surface area contributed by atoms with Crippen LogP contribution in [0.25, 0.3) is 0 Å². The zero-order valence-corrected chi connectivity index (χ0v) is 15.2. The molecular weight excluding hydrogens is 344 g/mol. The van der Waals surface area contributed by atoms with Gasteiger partial charge in [-0.3, -0.25) is 4.79 Å². The number of likely N-dealkylation sites (tertiary alicyclic amines) is 1. The summed E-state index contributed by atoms with van der Waals surface area (Å²) >= 11 is 0. The van der Waals surface area contributed by atoms with E-state index in [0.29, 0.717) is 36.1 Å². The summed E-state index contributed by atoms with van der Waals surface area (Å²) < 4.78 is 10.8. The van der Waals surface area contributed by atoms with Gasteiger partial charge in [0, 0.05) is 19.2 Å². The van der Waals surface area contributed by atoms with E-state index in [1.807, 2.05) is 23.1 Å². The molecule has 1 fully saturated rings. The average molecular weight is 366 g/mol. The van der Waals surface area contributed by atoms with Crippen LogP contribution in [0.5, 0.6) is 17.2 Å². The third-order valence-electron chi connectivity index (χ3n) is 4.86. The number of phenols is 1. The molecule has 0 spiro atoms. The largest absolute Gasteiger partial charge is 0.508 e. The van der Waals surface area contributed by atoms with E-state index in [1.54, 1.807) is 30.3 Å². The van der Waals surface area contributed by atoms with Crippen molar-refractivity contribution >= 4 is 5.91 Å². The number of methoxy groups -OCH3 is 1. The molecular formula is C21H22N2O4. The highest BCUT2D eigenvalue weighted by molar-refractivity contribution is 5.78. The molecule has 1 aliphatic rings. The Hall–Kier alpha value is -3.20. The lowest BCUT2D eigenvalue weighted by atomic mass is 9.89. The van der Waals surface area contributed by atoms with Gasteiger partial charge in [-0.15, -0.1) is 0 Å². The summed E-state index contributed by atoms with van der Waals surface area (Å²) in [5, 5.41) is 18.3. The molecule has 0 radical (unpaired) electrons. The van der Waals surface area contributed by atoms with Gasteiger partial charge in [-0.1, -0.05) is 12.1 Å². The molecule has 27 heavy (non-hydrogen) atoms. The zero-order valence-electron chi connectivity index (χ0n) is 15.2. The van der Waals surface area contributed by atoms with Crippen LogP contribution in [0.15, 0.2) is 42.5 Å². The van der Waals surface area contributed by atoms with Gasteiger partial charge < -0.3 is 19.5 Å². The minimum absolute atomic E-state index is 0.0634. The average Bonchev–Trinajstić information content (AvgIpc) is 2.72. The molecule has 140 valence electrons. The van der Waals surface area contributed by atoms with Crippen LogP contribution in [0, 0.1) is 11.3 Å². The number of rotatable bonds is 5. The summed E-state index contributed by atoms with van der Waals surface area (Å²) in [4.78, 5) is 14.3. The number of ether oxygens (including phenoxy) is 2. The fraction of sp³-hybridized carbons (Fsp3) is 0.333. The van der Waals surface area contributed by atoms with Crippen molar-refractivity contribution in [2.45, 2.75) is 18.8 Å².